The number of carbonyl (C=O) groups excluding carboxylic acids is 1. The summed E-state index contributed by atoms with van der Waals surface area (Å²) in [6.07, 6.45) is 4.72. The Bertz CT molecular complexity index is 386. The molecule has 1 aliphatic rings. The zero-order valence-electron chi connectivity index (χ0n) is 7.07. The molecule has 1 heterocycles. The first-order chi connectivity index (χ1) is 6.56. The molecule has 0 spiro atoms. The first kappa shape index (κ1) is 11.6. The molecule has 0 fully saturated rings. The Balaban J connectivity index is 2.92. The van der Waals surface area contributed by atoms with Gasteiger partial charge in [-0.3, -0.25) is 9.52 Å². The number of sulfonamides is 1. The molecule has 0 saturated carbocycles. The van der Waals surface area contributed by atoms with Gasteiger partial charge in [-0.1, -0.05) is 35.5 Å². The fraction of sp³-hybridized carbons (Fsp3) is 0.286. The Hall–Kier alpha value is -0.460. The van der Waals surface area contributed by atoms with Crippen molar-refractivity contribution in [2.24, 2.45) is 0 Å². The van der Waals surface area contributed by atoms with Crippen molar-refractivity contribution in [1.82, 2.24) is 4.72 Å². The topological polar surface area (TPSA) is 63.2 Å². The molecule has 0 saturated heterocycles. The number of amides is 1. The molecule has 0 bridgehead atoms. The van der Waals surface area contributed by atoms with Gasteiger partial charge >= 0.3 is 0 Å². The molecule has 0 aromatic rings. The number of halogens is 1. The zero-order valence-corrected chi connectivity index (χ0v) is 9.45. The van der Waals surface area contributed by atoms with E-state index in [2.05, 4.69) is 0 Å². The first-order valence-corrected chi connectivity index (χ1v) is 6.43. The van der Waals surface area contributed by atoms with E-state index >= 15 is 0 Å². The highest BCUT2D eigenvalue weighted by atomic mass is 35.5. The minimum atomic E-state index is -3.71. The Morgan fingerprint density at radius 1 is 1.43 bits per heavy atom. The molecule has 0 unspecified atom stereocenters. The van der Waals surface area contributed by atoms with Gasteiger partial charge in [0.15, 0.2) is 0 Å². The van der Waals surface area contributed by atoms with Crippen LogP contribution in [0.3, 0.4) is 0 Å². The molecule has 1 aliphatic heterocycles. The third-order valence-corrected chi connectivity index (χ3v) is 4.58. The minimum Gasteiger partial charge on any atom is -0.278 e. The van der Waals surface area contributed by atoms with Crippen LogP contribution in [0, 0.1) is 0 Å². The summed E-state index contributed by atoms with van der Waals surface area (Å²) in [7, 11) is -3.71. The lowest BCUT2D eigenvalue weighted by atomic mass is 10.3. The number of thioether (sulfide) groups is 1. The van der Waals surface area contributed by atoms with Crippen molar-refractivity contribution in [1.29, 1.82) is 0 Å². The standard InChI is InChI=1S/C7H8ClNO3S2/c8-6-3-1-2-4-7(13-6)14(11,12)9-5-10/h3-5H,1-2H2,(H,9,10). The Kier molecular flexibility index (Phi) is 4.03. The van der Waals surface area contributed by atoms with E-state index in [0.717, 1.165) is 11.8 Å². The van der Waals surface area contributed by atoms with E-state index in [9.17, 15) is 13.2 Å². The second kappa shape index (κ2) is 4.86. The van der Waals surface area contributed by atoms with Crippen molar-refractivity contribution in [3.8, 4) is 0 Å². The van der Waals surface area contributed by atoms with Crippen LogP contribution >= 0.6 is 23.4 Å². The van der Waals surface area contributed by atoms with Crippen molar-refractivity contribution < 1.29 is 13.2 Å². The average molecular weight is 254 g/mol. The number of hydrogen-bond donors (Lipinski definition) is 1. The maximum Gasteiger partial charge on any atom is 0.269 e. The Morgan fingerprint density at radius 2 is 2.07 bits per heavy atom. The second-order valence-corrected chi connectivity index (χ2v) is 6.11. The summed E-state index contributed by atoms with van der Waals surface area (Å²) < 4.78 is 25.0. The lowest BCUT2D eigenvalue weighted by Crippen LogP contribution is -2.22. The van der Waals surface area contributed by atoms with Crippen LogP contribution in [0.25, 0.3) is 0 Å². The van der Waals surface area contributed by atoms with Crippen LogP contribution in [0.2, 0.25) is 0 Å². The fourth-order valence-electron chi connectivity index (χ4n) is 0.863. The van der Waals surface area contributed by atoms with E-state index in [1.54, 1.807) is 16.9 Å². The maximum absolute atomic E-state index is 11.4. The molecule has 4 nitrogen and oxygen atoms in total. The van der Waals surface area contributed by atoms with Gasteiger partial charge in [-0.25, -0.2) is 8.42 Å². The quantitative estimate of drug-likeness (QED) is 0.775. The molecule has 0 aromatic heterocycles. The van der Waals surface area contributed by atoms with E-state index in [1.165, 1.54) is 0 Å². The summed E-state index contributed by atoms with van der Waals surface area (Å²) in [4.78, 5) is 10.1. The Labute approximate surface area is 91.4 Å². The average Bonchev–Trinajstić information content (AvgIpc) is 2.30. The molecular formula is C7H8ClNO3S2. The highest BCUT2D eigenvalue weighted by molar-refractivity contribution is 8.21. The van der Waals surface area contributed by atoms with Gasteiger partial charge in [0.25, 0.3) is 10.0 Å². The summed E-state index contributed by atoms with van der Waals surface area (Å²) >= 11 is 6.66. The summed E-state index contributed by atoms with van der Waals surface area (Å²) in [5.74, 6) is 0. The summed E-state index contributed by atoms with van der Waals surface area (Å²) in [6, 6.07) is 0. The number of rotatable bonds is 3. The highest BCUT2D eigenvalue weighted by Gasteiger charge is 2.19. The van der Waals surface area contributed by atoms with Gasteiger partial charge in [0.1, 0.15) is 4.24 Å². The molecule has 0 radical (unpaired) electrons. The van der Waals surface area contributed by atoms with Crippen molar-refractivity contribution in [2.45, 2.75) is 12.8 Å². The molecule has 0 aliphatic carbocycles. The fourth-order valence-corrected chi connectivity index (χ4v) is 3.39. The van der Waals surface area contributed by atoms with Gasteiger partial charge in [-0.2, -0.15) is 0 Å². The molecule has 1 N–H and O–H groups in total. The minimum absolute atomic E-state index is 0.0725. The summed E-state index contributed by atoms with van der Waals surface area (Å²) in [5.41, 5.74) is 0. The predicted octanol–water partition coefficient (Wildman–Crippen LogP) is 1.51. The number of allylic oxidation sites excluding steroid dienone is 2. The van der Waals surface area contributed by atoms with Gasteiger partial charge in [-0.15, -0.1) is 0 Å². The molecule has 78 valence electrons. The molecule has 1 rings (SSSR count). The molecule has 0 atom stereocenters. The van der Waals surface area contributed by atoms with Crippen LogP contribution in [-0.2, 0) is 14.8 Å². The van der Waals surface area contributed by atoms with Crippen molar-refractivity contribution in [2.75, 3.05) is 0 Å². The van der Waals surface area contributed by atoms with Crippen LogP contribution in [0.5, 0.6) is 0 Å². The van der Waals surface area contributed by atoms with E-state index in [1.807, 2.05) is 0 Å². The number of carbonyl (C=O) groups is 1. The number of hydrogen-bond acceptors (Lipinski definition) is 4. The van der Waals surface area contributed by atoms with Crippen molar-refractivity contribution in [3.63, 3.8) is 0 Å². The van der Waals surface area contributed by atoms with Crippen molar-refractivity contribution >= 4 is 39.8 Å². The Morgan fingerprint density at radius 3 is 2.71 bits per heavy atom. The molecule has 1 amide bonds. The smallest absolute Gasteiger partial charge is 0.269 e. The third kappa shape index (κ3) is 3.04. The normalized spacial score (nSPS) is 17.8. The van der Waals surface area contributed by atoms with E-state index in [-0.39, 0.29) is 10.6 Å². The van der Waals surface area contributed by atoms with E-state index < -0.39 is 10.0 Å². The van der Waals surface area contributed by atoms with Crippen LogP contribution < -0.4 is 4.72 Å². The predicted molar refractivity (Wildman–Crippen MR) is 57.0 cm³/mol. The lowest BCUT2D eigenvalue weighted by molar-refractivity contribution is -0.108. The van der Waals surface area contributed by atoms with E-state index in [4.69, 9.17) is 11.6 Å². The zero-order chi connectivity index (χ0) is 10.6. The lowest BCUT2D eigenvalue weighted by Gasteiger charge is -2.04. The summed E-state index contributed by atoms with van der Waals surface area (Å²) in [5, 5.41) is 0. The van der Waals surface area contributed by atoms with Crippen molar-refractivity contribution in [3.05, 3.63) is 20.8 Å². The molecule has 14 heavy (non-hydrogen) atoms. The van der Waals surface area contributed by atoms with Crippen LogP contribution in [0.1, 0.15) is 12.8 Å². The van der Waals surface area contributed by atoms with Crippen LogP contribution in [0.4, 0.5) is 0 Å². The first-order valence-electron chi connectivity index (χ1n) is 3.76. The van der Waals surface area contributed by atoms with Gasteiger partial charge in [0, 0.05) is 0 Å². The molecule has 0 aromatic carbocycles. The van der Waals surface area contributed by atoms with E-state index in [0.29, 0.717) is 17.2 Å². The molecule has 7 heteroatoms. The van der Waals surface area contributed by atoms with Gasteiger partial charge in [-0.05, 0) is 12.8 Å². The monoisotopic (exact) mass is 253 g/mol. The SMILES string of the molecule is O=CNS(=O)(=O)C1=CCCC=C(Cl)S1. The number of nitrogens with one attached hydrogen (secondary N) is 1. The summed E-state index contributed by atoms with van der Waals surface area (Å²) in [6.45, 7) is 0. The largest absolute Gasteiger partial charge is 0.278 e. The van der Waals surface area contributed by atoms with Crippen LogP contribution in [-0.4, -0.2) is 14.8 Å². The van der Waals surface area contributed by atoms with Gasteiger partial charge in [0.05, 0.1) is 4.36 Å². The van der Waals surface area contributed by atoms with Crippen LogP contribution in [0.15, 0.2) is 20.8 Å². The van der Waals surface area contributed by atoms with Gasteiger partial charge in [0.2, 0.25) is 6.41 Å². The third-order valence-electron chi connectivity index (χ3n) is 1.45. The van der Waals surface area contributed by atoms with Gasteiger partial charge < -0.3 is 0 Å². The molecular weight excluding hydrogens is 246 g/mol. The highest BCUT2D eigenvalue weighted by Crippen LogP contribution is 2.34. The maximum atomic E-state index is 11.4. The second-order valence-electron chi connectivity index (χ2n) is 2.45.